The van der Waals surface area contributed by atoms with Gasteiger partial charge in [-0.3, -0.25) is 0 Å². The van der Waals surface area contributed by atoms with E-state index < -0.39 is 6.10 Å². The molecule has 2 aromatic carbocycles. The summed E-state index contributed by atoms with van der Waals surface area (Å²) in [7, 11) is 1.63. The predicted octanol–water partition coefficient (Wildman–Crippen LogP) is 3.50. The van der Waals surface area contributed by atoms with Crippen LogP contribution < -0.4 is 4.74 Å². The highest BCUT2D eigenvalue weighted by Gasteiger charge is 2.10. The van der Waals surface area contributed by atoms with E-state index in [1.807, 2.05) is 36.4 Å². The molecule has 1 atom stereocenters. The van der Waals surface area contributed by atoms with Crippen LogP contribution in [0.25, 0.3) is 11.1 Å². The summed E-state index contributed by atoms with van der Waals surface area (Å²) in [6.07, 6.45) is -0.0607. The van der Waals surface area contributed by atoms with Crippen LogP contribution in [0.2, 0.25) is 0 Å². The lowest BCUT2D eigenvalue weighted by Crippen LogP contribution is -2.12. The van der Waals surface area contributed by atoms with Crippen molar-refractivity contribution in [2.45, 2.75) is 12.5 Å². The van der Waals surface area contributed by atoms with Gasteiger partial charge in [0.05, 0.1) is 13.2 Å². The number of hydrogen-bond acceptors (Lipinski definition) is 2. The molecule has 0 aromatic heterocycles. The lowest BCUT2D eigenvalue weighted by atomic mass is 9.99. The highest BCUT2D eigenvalue weighted by Crippen LogP contribution is 2.27. The Morgan fingerprint density at radius 2 is 1.84 bits per heavy atom. The number of methoxy groups -OCH3 is 1. The molecule has 0 saturated heterocycles. The van der Waals surface area contributed by atoms with Gasteiger partial charge in [0.1, 0.15) is 5.75 Å². The van der Waals surface area contributed by atoms with E-state index >= 15 is 0 Å². The fourth-order valence-corrected chi connectivity index (χ4v) is 2.17. The molecule has 1 N–H and O–H groups in total. The molecule has 0 heterocycles. The molecular weight excluding hydrogens is 260 g/mol. The minimum absolute atomic E-state index is 0.221. The number of ether oxygens (including phenoxy) is 1. The number of halogens is 1. The molecule has 2 rings (SSSR count). The summed E-state index contributed by atoms with van der Waals surface area (Å²) in [5, 5.41) is 9.71. The lowest BCUT2D eigenvalue weighted by Gasteiger charge is -2.13. The number of alkyl halides is 1. The van der Waals surface area contributed by atoms with Gasteiger partial charge in [0, 0.05) is 12.3 Å². The van der Waals surface area contributed by atoms with E-state index in [0.717, 1.165) is 22.4 Å². The van der Waals surface area contributed by atoms with Gasteiger partial charge < -0.3 is 9.84 Å². The summed E-state index contributed by atoms with van der Waals surface area (Å²) in [4.78, 5) is 0. The third kappa shape index (κ3) is 3.49. The van der Waals surface area contributed by atoms with Gasteiger partial charge in [0.2, 0.25) is 0 Å². The maximum Gasteiger partial charge on any atom is 0.122 e. The number of hydrogen-bond donors (Lipinski definition) is 1. The molecule has 100 valence electrons. The highest BCUT2D eigenvalue weighted by atomic mass is 35.5. The van der Waals surface area contributed by atoms with Crippen molar-refractivity contribution in [3.8, 4) is 16.9 Å². The third-order valence-electron chi connectivity index (χ3n) is 3.02. The number of aliphatic hydroxyl groups is 1. The first-order chi connectivity index (χ1) is 9.24. The van der Waals surface area contributed by atoms with Crippen molar-refractivity contribution in [3.05, 3.63) is 54.1 Å². The van der Waals surface area contributed by atoms with Crippen molar-refractivity contribution in [1.82, 2.24) is 0 Å². The van der Waals surface area contributed by atoms with Gasteiger partial charge in [-0.05, 0) is 28.8 Å². The standard InChI is InChI=1S/C16H17ClO2/c1-19-16-8-7-13(12-5-3-2-4-6-12)9-14(16)10-15(18)11-17/h2-9,15,18H,10-11H2,1H3/t15-/m1/s1. The minimum atomic E-state index is -0.554. The molecule has 2 nitrogen and oxygen atoms in total. The molecule has 0 spiro atoms. The van der Waals surface area contributed by atoms with Crippen molar-refractivity contribution >= 4 is 11.6 Å². The van der Waals surface area contributed by atoms with Gasteiger partial charge in [-0.15, -0.1) is 11.6 Å². The van der Waals surface area contributed by atoms with E-state index in [0.29, 0.717) is 6.42 Å². The van der Waals surface area contributed by atoms with E-state index in [1.54, 1.807) is 7.11 Å². The van der Waals surface area contributed by atoms with E-state index in [4.69, 9.17) is 16.3 Å². The Labute approximate surface area is 118 Å². The summed E-state index contributed by atoms with van der Waals surface area (Å²) >= 11 is 5.66. The molecule has 2 aromatic rings. The molecular formula is C16H17ClO2. The number of benzene rings is 2. The molecule has 0 bridgehead atoms. The Hall–Kier alpha value is -1.51. The van der Waals surface area contributed by atoms with Crippen LogP contribution in [0.5, 0.6) is 5.75 Å². The second-order valence-electron chi connectivity index (χ2n) is 4.40. The molecule has 0 radical (unpaired) electrons. The van der Waals surface area contributed by atoms with E-state index in [1.165, 1.54) is 0 Å². The second kappa shape index (κ2) is 6.60. The Morgan fingerprint density at radius 3 is 2.47 bits per heavy atom. The zero-order chi connectivity index (χ0) is 13.7. The minimum Gasteiger partial charge on any atom is -0.496 e. The molecule has 0 aliphatic rings. The van der Waals surface area contributed by atoms with E-state index in [9.17, 15) is 5.11 Å². The third-order valence-corrected chi connectivity index (χ3v) is 3.38. The zero-order valence-corrected chi connectivity index (χ0v) is 11.6. The van der Waals surface area contributed by atoms with Gasteiger partial charge in [0.25, 0.3) is 0 Å². The average Bonchev–Trinajstić information content (AvgIpc) is 2.48. The van der Waals surface area contributed by atoms with Crippen molar-refractivity contribution in [2.75, 3.05) is 13.0 Å². The van der Waals surface area contributed by atoms with Crippen molar-refractivity contribution in [1.29, 1.82) is 0 Å². The highest BCUT2D eigenvalue weighted by molar-refractivity contribution is 6.18. The summed E-state index contributed by atoms with van der Waals surface area (Å²) in [5.41, 5.74) is 3.22. The SMILES string of the molecule is COc1ccc(-c2ccccc2)cc1C[C@@H](O)CCl. The van der Waals surface area contributed by atoms with Crippen LogP contribution in [-0.2, 0) is 6.42 Å². The van der Waals surface area contributed by atoms with Crippen molar-refractivity contribution < 1.29 is 9.84 Å². The summed E-state index contributed by atoms with van der Waals surface area (Å²) < 4.78 is 5.33. The maximum absolute atomic E-state index is 9.71. The first kappa shape index (κ1) is 13.9. The lowest BCUT2D eigenvalue weighted by molar-refractivity contribution is 0.197. The molecule has 19 heavy (non-hydrogen) atoms. The van der Waals surface area contributed by atoms with Crippen LogP contribution in [-0.4, -0.2) is 24.2 Å². The summed E-state index contributed by atoms with van der Waals surface area (Å²) in [5.74, 6) is 1.00. The fraction of sp³-hybridized carbons (Fsp3) is 0.250. The number of rotatable bonds is 5. The molecule has 0 unspecified atom stereocenters. The topological polar surface area (TPSA) is 29.5 Å². The van der Waals surface area contributed by atoms with E-state index in [2.05, 4.69) is 12.1 Å². The number of aliphatic hydroxyl groups excluding tert-OH is 1. The van der Waals surface area contributed by atoms with Crippen LogP contribution in [0, 0.1) is 0 Å². The fourth-order valence-electron chi connectivity index (χ4n) is 2.06. The van der Waals surface area contributed by atoms with Gasteiger partial charge in [-0.1, -0.05) is 36.4 Å². The van der Waals surface area contributed by atoms with Crippen LogP contribution in [0.1, 0.15) is 5.56 Å². The van der Waals surface area contributed by atoms with Crippen LogP contribution in [0.3, 0.4) is 0 Å². The quantitative estimate of drug-likeness (QED) is 0.847. The first-order valence-electron chi connectivity index (χ1n) is 6.21. The molecule has 0 amide bonds. The largest absolute Gasteiger partial charge is 0.496 e. The van der Waals surface area contributed by atoms with Crippen LogP contribution in [0.4, 0.5) is 0 Å². The van der Waals surface area contributed by atoms with Gasteiger partial charge >= 0.3 is 0 Å². The summed E-state index contributed by atoms with van der Waals surface area (Å²) in [6.45, 7) is 0. The monoisotopic (exact) mass is 276 g/mol. The first-order valence-corrected chi connectivity index (χ1v) is 6.74. The summed E-state index contributed by atoms with van der Waals surface area (Å²) in [6, 6.07) is 16.1. The Morgan fingerprint density at radius 1 is 1.11 bits per heavy atom. The van der Waals surface area contributed by atoms with Crippen LogP contribution >= 0.6 is 11.6 Å². The predicted molar refractivity (Wildman–Crippen MR) is 78.9 cm³/mol. The van der Waals surface area contributed by atoms with Crippen molar-refractivity contribution in [2.24, 2.45) is 0 Å². The normalized spacial score (nSPS) is 12.2. The Kier molecular flexibility index (Phi) is 4.83. The molecule has 0 aliphatic heterocycles. The second-order valence-corrected chi connectivity index (χ2v) is 4.71. The maximum atomic E-state index is 9.71. The Balaban J connectivity index is 2.35. The smallest absolute Gasteiger partial charge is 0.122 e. The van der Waals surface area contributed by atoms with E-state index in [-0.39, 0.29) is 5.88 Å². The molecule has 0 fully saturated rings. The van der Waals surface area contributed by atoms with Gasteiger partial charge in [0.15, 0.2) is 0 Å². The average molecular weight is 277 g/mol. The molecule has 0 saturated carbocycles. The molecule has 3 heteroatoms. The molecule has 0 aliphatic carbocycles. The zero-order valence-electron chi connectivity index (χ0n) is 10.8. The van der Waals surface area contributed by atoms with Gasteiger partial charge in [-0.25, -0.2) is 0 Å². The van der Waals surface area contributed by atoms with Gasteiger partial charge in [-0.2, -0.15) is 0 Å². The van der Waals surface area contributed by atoms with Crippen LogP contribution in [0.15, 0.2) is 48.5 Å². The van der Waals surface area contributed by atoms with Crippen molar-refractivity contribution in [3.63, 3.8) is 0 Å². The Bertz CT molecular complexity index is 526.